The molecule has 0 N–H and O–H groups in total. The molecule has 0 amide bonds. The Hall–Kier alpha value is -2.10. The standard InChI is InChI=1S/C14H16N2O2/c1-9-8-15-16-14(10(9)2)12-6-5-11(17-3)7-13(12)18-4/h5-8H,1-4H3. The Kier molecular flexibility index (Phi) is 3.46. The van der Waals surface area contributed by atoms with Crippen LogP contribution in [-0.2, 0) is 0 Å². The van der Waals surface area contributed by atoms with E-state index in [9.17, 15) is 0 Å². The van der Waals surface area contributed by atoms with Crippen LogP contribution in [0.3, 0.4) is 0 Å². The zero-order chi connectivity index (χ0) is 13.1. The van der Waals surface area contributed by atoms with Crippen LogP contribution in [0.2, 0.25) is 0 Å². The molecule has 0 aliphatic rings. The van der Waals surface area contributed by atoms with Gasteiger partial charge in [0.2, 0.25) is 0 Å². The molecule has 0 spiro atoms. The zero-order valence-electron chi connectivity index (χ0n) is 11.0. The van der Waals surface area contributed by atoms with E-state index in [1.54, 1.807) is 20.4 Å². The van der Waals surface area contributed by atoms with Gasteiger partial charge in [-0.3, -0.25) is 0 Å². The molecule has 0 aliphatic carbocycles. The van der Waals surface area contributed by atoms with Gasteiger partial charge in [-0.15, -0.1) is 0 Å². The second-order valence-corrected chi connectivity index (χ2v) is 4.07. The SMILES string of the molecule is COc1ccc(-c2nncc(C)c2C)c(OC)c1. The lowest BCUT2D eigenvalue weighted by Gasteiger charge is -2.12. The summed E-state index contributed by atoms with van der Waals surface area (Å²) in [6.45, 7) is 4.05. The molecule has 4 heteroatoms. The van der Waals surface area contributed by atoms with E-state index in [4.69, 9.17) is 9.47 Å². The van der Waals surface area contributed by atoms with Crippen molar-refractivity contribution in [3.05, 3.63) is 35.5 Å². The molecule has 0 saturated heterocycles. The van der Waals surface area contributed by atoms with Gasteiger partial charge in [0.15, 0.2) is 0 Å². The molecule has 18 heavy (non-hydrogen) atoms. The molecule has 0 bridgehead atoms. The summed E-state index contributed by atoms with van der Waals surface area (Å²) in [5.74, 6) is 1.49. The van der Waals surface area contributed by atoms with Crippen molar-refractivity contribution in [3.8, 4) is 22.8 Å². The number of aromatic nitrogens is 2. The quantitative estimate of drug-likeness (QED) is 0.832. The molecule has 0 fully saturated rings. The predicted molar refractivity (Wildman–Crippen MR) is 70.0 cm³/mol. The number of hydrogen-bond acceptors (Lipinski definition) is 4. The topological polar surface area (TPSA) is 44.2 Å². The molecule has 4 nitrogen and oxygen atoms in total. The molecule has 1 heterocycles. The van der Waals surface area contributed by atoms with E-state index in [0.29, 0.717) is 0 Å². The second kappa shape index (κ2) is 5.04. The summed E-state index contributed by atoms with van der Waals surface area (Å²) in [4.78, 5) is 0. The van der Waals surface area contributed by atoms with E-state index in [0.717, 1.165) is 33.9 Å². The first-order chi connectivity index (χ1) is 8.67. The van der Waals surface area contributed by atoms with Gasteiger partial charge < -0.3 is 9.47 Å². The molecule has 0 radical (unpaired) electrons. The highest BCUT2D eigenvalue weighted by Crippen LogP contribution is 2.33. The number of rotatable bonds is 3. The lowest BCUT2D eigenvalue weighted by molar-refractivity contribution is 0.395. The van der Waals surface area contributed by atoms with Gasteiger partial charge in [-0.05, 0) is 37.1 Å². The molecular weight excluding hydrogens is 228 g/mol. The van der Waals surface area contributed by atoms with Crippen molar-refractivity contribution in [2.75, 3.05) is 14.2 Å². The van der Waals surface area contributed by atoms with Crippen molar-refractivity contribution in [3.63, 3.8) is 0 Å². The van der Waals surface area contributed by atoms with E-state index in [1.807, 2.05) is 32.0 Å². The van der Waals surface area contributed by atoms with Crippen LogP contribution >= 0.6 is 0 Å². The number of aryl methyl sites for hydroxylation is 1. The zero-order valence-corrected chi connectivity index (χ0v) is 11.0. The summed E-state index contributed by atoms with van der Waals surface area (Å²) in [5.41, 5.74) is 3.98. The van der Waals surface area contributed by atoms with Crippen LogP contribution in [-0.4, -0.2) is 24.4 Å². The van der Waals surface area contributed by atoms with Crippen molar-refractivity contribution in [1.82, 2.24) is 10.2 Å². The third-order valence-electron chi connectivity index (χ3n) is 3.02. The smallest absolute Gasteiger partial charge is 0.132 e. The fraction of sp³-hybridized carbons (Fsp3) is 0.286. The highest BCUT2D eigenvalue weighted by molar-refractivity contribution is 5.71. The fourth-order valence-electron chi connectivity index (χ4n) is 1.78. The summed E-state index contributed by atoms with van der Waals surface area (Å²) in [7, 11) is 3.27. The van der Waals surface area contributed by atoms with E-state index in [1.165, 1.54) is 0 Å². The molecular formula is C14H16N2O2. The highest BCUT2D eigenvalue weighted by atomic mass is 16.5. The van der Waals surface area contributed by atoms with E-state index >= 15 is 0 Å². The number of hydrogen-bond donors (Lipinski definition) is 0. The summed E-state index contributed by atoms with van der Waals surface area (Å²) in [6.07, 6.45) is 1.76. The summed E-state index contributed by atoms with van der Waals surface area (Å²) >= 11 is 0. The first-order valence-corrected chi connectivity index (χ1v) is 5.68. The Morgan fingerprint density at radius 1 is 1.06 bits per heavy atom. The molecule has 0 aliphatic heterocycles. The van der Waals surface area contributed by atoms with Gasteiger partial charge in [0.25, 0.3) is 0 Å². The lowest BCUT2D eigenvalue weighted by atomic mass is 10.0. The third-order valence-corrected chi connectivity index (χ3v) is 3.02. The minimum atomic E-state index is 0.734. The number of nitrogens with zero attached hydrogens (tertiary/aromatic N) is 2. The molecule has 1 aromatic heterocycles. The van der Waals surface area contributed by atoms with Crippen LogP contribution in [0.4, 0.5) is 0 Å². The largest absolute Gasteiger partial charge is 0.497 e. The Balaban J connectivity index is 2.60. The monoisotopic (exact) mass is 244 g/mol. The first-order valence-electron chi connectivity index (χ1n) is 5.68. The van der Waals surface area contributed by atoms with Crippen molar-refractivity contribution < 1.29 is 9.47 Å². The predicted octanol–water partition coefficient (Wildman–Crippen LogP) is 2.78. The van der Waals surface area contributed by atoms with Crippen molar-refractivity contribution in [1.29, 1.82) is 0 Å². The van der Waals surface area contributed by atoms with Crippen LogP contribution in [0.1, 0.15) is 11.1 Å². The fourth-order valence-corrected chi connectivity index (χ4v) is 1.78. The maximum absolute atomic E-state index is 5.39. The van der Waals surface area contributed by atoms with E-state index in [2.05, 4.69) is 10.2 Å². The van der Waals surface area contributed by atoms with E-state index in [-0.39, 0.29) is 0 Å². The Bertz CT molecular complexity index is 568. The normalized spacial score (nSPS) is 10.2. The average Bonchev–Trinajstić information content (AvgIpc) is 2.41. The Labute approximate surface area is 107 Å². The van der Waals surface area contributed by atoms with Crippen LogP contribution in [0.5, 0.6) is 11.5 Å². The molecule has 0 saturated carbocycles. The van der Waals surface area contributed by atoms with Crippen LogP contribution in [0, 0.1) is 13.8 Å². The van der Waals surface area contributed by atoms with Gasteiger partial charge in [0, 0.05) is 11.6 Å². The number of benzene rings is 1. The third kappa shape index (κ3) is 2.14. The van der Waals surface area contributed by atoms with Crippen molar-refractivity contribution in [2.45, 2.75) is 13.8 Å². The molecule has 1 aromatic carbocycles. The van der Waals surface area contributed by atoms with Gasteiger partial charge in [-0.25, -0.2) is 0 Å². The first kappa shape index (κ1) is 12.4. The van der Waals surface area contributed by atoms with Crippen molar-refractivity contribution >= 4 is 0 Å². The van der Waals surface area contributed by atoms with Gasteiger partial charge in [-0.2, -0.15) is 10.2 Å². The maximum atomic E-state index is 5.39. The lowest BCUT2D eigenvalue weighted by Crippen LogP contribution is -1.97. The highest BCUT2D eigenvalue weighted by Gasteiger charge is 2.12. The van der Waals surface area contributed by atoms with Gasteiger partial charge in [0.05, 0.1) is 26.1 Å². The molecule has 2 rings (SSSR count). The molecule has 2 aromatic rings. The molecule has 0 atom stereocenters. The summed E-state index contributed by atoms with van der Waals surface area (Å²) < 4.78 is 10.6. The molecule has 94 valence electrons. The van der Waals surface area contributed by atoms with Crippen molar-refractivity contribution in [2.24, 2.45) is 0 Å². The van der Waals surface area contributed by atoms with Crippen LogP contribution in [0.25, 0.3) is 11.3 Å². The van der Waals surface area contributed by atoms with Gasteiger partial charge >= 0.3 is 0 Å². The number of methoxy groups -OCH3 is 2. The van der Waals surface area contributed by atoms with Crippen LogP contribution in [0.15, 0.2) is 24.4 Å². The van der Waals surface area contributed by atoms with Crippen LogP contribution < -0.4 is 9.47 Å². The van der Waals surface area contributed by atoms with Gasteiger partial charge in [0.1, 0.15) is 11.5 Å². The number of ether oxygens (including phenoxy) is 2. The summed E-state index contributed by atoms with van der Waals surface area (Å²) in [6, 6.07) is 5.67. The minimum absolute atomic E-state index is 0.734. The Morgan fingerprint density at radius 2 is 1.83 bits per heavy atom. The second-order valence-electron chi connectivity index (χ2n) is 4.07. The summed E-state index contributed by atoms with van der Waals surface area (Å²) in [5, 5.41) is 8.21. The Morgan fingerprint density at radius 3 is 2.50 bits per heavy atom. The van der Waals surface area contributed by atoms with E-state index < -0.39 is 0 Å². The van der Waals surface area contributed by atoms with Gasteiger partial charge in [-0.1, -0.05) is 0 Å². The average molecular weight is 244 g/mol. The minimum Gasteiger partial charge on any atom is -0.497 e. The molecule has 0 unspecified atom stereocenters. The maximum Gasteiger partial charge on any atom is 0.132 e.